The van der Waals surface area contributed by atoms with Crippen molar-refractivity contribution in [1.29, 1.82) is 0 Å². The van der Waals surface area contributed by atoms with E-state index in [4.69, 9.17) is 0 Å². The molecule has 0 heterocycles. The molecule has 0 amide bonds. The van der Waals surface area contributed by atoms with Crippen LogP contribution in [0.2, 0.25) is 0 Å². The molecule has 0 bridgehead atoms. The van der Waals surface area contributed by atoms with Gasteiger partial charge in [-0.1, -0.05) is 13.8 Å². The van der Waals surface area contributed by atoms with Gasteiger partial charge in [-0.2, -0.15) is 26.3 Å². The molecule has 0 spiro atoms. The predicted molar refractivity (Wildman–Crippen MR) is 35.8 cm³/mol. The van der Waals surface area contributed by atoms with Gasteiger partial charge in [0.1, 0.15) is 0 Å². The Morgan fingerprint density at radius 1 is 0.867 bits per heavy atom. The number of Topliss-reactive ketones (excluding diaryl/α,β-unsaturated/α-hetero) is 1. The van der Waals surface area contributed by atoms with Crippen LogP contribution >= 0.6 is 0 Å². The number of ketones is 1. The van der Waals surface area contributed by atoms with Crippen LogP contribution in [-0.2, 0) is 4.79 Å². The Balaban J connectivity index is 5.54. The molecule has 0 aromatic rings. The molecule has 0 saturated carbocycles. The van der Waals surface area contributed by atoms with Crippen molar-refractivity contribution < 1.29 is 35.5 Å². The maximum atomic E-state index is 12.9. The highest BCUT2D eigenvalue weighted by Crippen LogP contribution is 2.47. The lowest BCUT2D eigenvalue weighted by Crippen LogP contribution is -2.60. The molecule has 8 heteroatoms. The summed E-state index contributed by atoms with van der Waals surface area (Å²) in [4.78, 5) is 10.6. The van der Waals surface area contributed by atoms with Gasteiger partial charge >= 0.3 is 18.0 Å². The first-order valence-corrected chi connectivity index (χ1v) is 3.72. The Morgan fingerprint density at radius 3 is 1.20 bits per heavy atom. The van der Waals surface area contributed by atoms with Crippen LogP contribution in [0, 0.1) is 5.92 Å². The molecule has 90 valence electrons. The van der Waals surface area contributed by atoms with Crippen LogP contribution in [0.3, 0.4) is 0 Å². The maximum Gasteiger partial charge on any atom is 0.439 e. The molecule has 0 aliphatic heterocycles. The summed E-state index contributed by atoms with van der Waals surface area (Å²) < 4.78 is 84.2. The number of carbonyl (C=O) groups excluding carboxylic acids is 1. The lowest BCUT2D eigenvalue weighted by atomic mass is 9.91. The van der Waals surface area contributed by atoms with Crippen LogP contribution in [-0.4, -0.2) is 23.8 Å². The summed E-state index contributed by atoms with van der Waals surface area (Å²) in [6.45, 7) is 1.52. The predicted octanol–water partition coefficient (Wildman–Crippen LogP) is 3.04. The second-order valence-electron chi connectivity index (χ2n) is 3.17. The zero-order valence-corrected chi connectivity index (χ0v) is 7.63. The lowest BCUT2D eigenvalue weighted by Gasteiger charge is -2.29. The standard InChI is InChI=1S/C7H7F7O/c1-3(2)4(15)5(8,6(9,10)11)7(12,13)14/h3H,1-2H3. The van der Waals surface area contributed by atoms with Crippen LogP contribution in [0.1, 0.15) is 13.8 Å². The average molecular weight is 240 g/mol. The van der Waals surface area contributed by atoms with Crippen LogP contribution < -0.4 is 0 Å². The Kier molecular flexibility index (Phi) is 3.44. The van der Waals surface area contributed by atoms with Gasteiger partial charge in [-0.15, -0.1) is 0 Å². The van der Waals surface area contributed by atoms with Crippen LogP contribution in [0.25, 0.3) is 0 Å². The molecule has 0 aliphatic rings. The fraction of sp³-hybridized carbons (Fsp3) is 0.857. The monoisotopic (exact) mass is 240 g/mol. The average Bonchev–Trinajstić information content (AvgIpc) is 1.96. The van der Waals surface area contributed by atoms with E-state index in [2.05, 4.69) is 0 Å². The summed E-state index contributed by atoms with van der Waals surface area (Å²) in [6.07, 6.45) is -12.6. The van der Waals surface area contributed by atoms with E-state index in [1.165, 1.54) is 0 Å². The van der Waals surface area contributed by atoms with Gasteiger partial charge in [-0.25, -0.2) is 4.39 Å². The van der Waals surface area contributed by atoms with Crippen LogP contribution in [0.5, 0.6) is 0 Å². The molecule has 0 rings (SSSR count). The second-order valence-corrected chi connectivity index (χ2v) is 3.17. The van der Waals surface area contributed by atoms with E-state index in [1.54, 1.807) is 0 Å². The molecule has 0 aromatic heterocycles. The fourth-order valence-electron chi connectivity index (χ4n) is 0.838. The summed E-state index contributed by atoms with van der Waals surface area (Å²) in [7, 11) is 0. The molecular formula is C7H7F7O. The molecule has 15 heavy (non-hydrogen) atoms. The minimum atomic E-state index is -6.30. The molecule has 0 fully saturated rings. The van der Waals surface area contributed by atoms with Crippen molar-refractivity contribution in [2.45, 2.75) is 31.9 Å². The lowest BCUT2D eigenvalue weighted by molar-refractivity contribution is -0.326. The Hall–Kier alpha value is -0.820. The van der Waals surface area contributed by atoms with Crippen molar-refractivity contribution in [3.05, 3.63) is 0 Å². The quantitative estimate of drug-likeness (QED) is 0.678. The SMILES string of the molecule is CC(C)C(=O)C(F)(C(F)(F)F)C(F)(F)F. The van der Waals surface area contributed by atoms with Crippen LogP contribution in [0.15, 0.2) is 0 Å². The van der Waals surface area contributed by atoms with Crippen LogP contribution in [0.4, 0.5) is 30.7 Å². The summed E-state index contributed by atoms with van der Waals surface area (Å²) in [5.74, 6) is -4.25. The number of hydrogen-bond acceptors (Lipinski definition) is 1. The molecule has 0 N–H and O–H groups in total. The Labute approximate surface area is 80.2 Å². The van der Waals surface area contributed by atoms with E-state index in [0.29, 0.717) is 0 Å². The van der Waals surface area contributed by atoms with Gasteiger partial charge in [-0.05, 0) is 0 Å². The topological polar surface area (TPSA) is 17.1 Å². The van der Waals surface area contributed by atoms with E-state index in [-0.39, 0.29) is 0 Å². The number of alkyl halides is 7. The first-order valence-electron chi connectivity index (χ1n) is 3.72. The minimum absolute atomic E-state index is 0.758. The third-order valence-electron chi connectivity index (χ3n) is 1.65. The molecule has 0 unspecified atom stereocenters. The highest BCUT2D eigenvalue weighted by molar-refractivity contribution is 5.90. The van der Waals surface area contributed by atoms with E-state index < -0.39 is 29.7 Å². The highest BCUT2D eigenvalue weighted by Gasteiger charge is 2.77. The van der Waals surface area contributed by atoms with Gasteiger partial charge in [0.2, 0.25) is 0 Å². The van der Waals surface area contributed by atoms with Gasteiger partial charge in [0.05, 0.1) is 0 Å². The molecule has 1 nitrogen and oxygen atoms in total. The molecule has 0 radical (unpaired) electrons. The number of hydrogen-bond donors (Lipinski definition) is 0. The highest BCUT2D eigenvalue weighted by atomic mass is 19.4. The Bertz CT molecular complexity index is 235. The van der Waals surface area contributed by atoms with E-state index in [0.717, 1.165) is 13.8 Å². The summed E-state index contributed by atoms with van der Waals surface area (Å²) in [5.41, 5.74) is -5.78. The molecular weight excluding hydrogens is 233 g/mol. The zero-order valence-electron chi connectivity index (χ0n) is 7.63. The minimum Gasteiger partial charge on any atom is -0.295 e. The first kappa shape index (κ1) is 14.2. The van der Waals surface area contributed by atoms with Crippen molar-refractivity contribution in [3.8, 4) is 0 Å². The Morgan fingerprint density at radius 2 is 1.13 bits per heavy atom. The smallest absolute Gasteiger partial charge is 0.295 e. The van der Waals surface area contributed by atoms with Gasteiger partial charge in [-0.3, -0.25) is 4.79 Å². The number of carbonyl (C=O) groups is 1. The summed E-state index contributed by atoms with van der Waals surface area (Å²) in [5, 5.41) is 0. The summed E-state index contributed by atoms with van der Waals surface area (Å²) in [6, 6.07) is 0. The van der Waals surface area contributed by atoms with Crippen molar-refractivity contribution in [1.82, 2.24) is 0 Å². The van der Waals surface area contributed by atoms with Crippen molar-refractivity contribution in [2.75, 3.05) is 0 Å². The zero-order chi connectivity index (χ0) is 12.7. The normalized spacial score (nSPS) is 14.5. The van der Waals surface area contributed by atoms with Crippen molar-refractivity contribution in [3.63, 3.8) is 0 Å². The van der Waals surface area contributed by atoms with E-state index >= 15 is 0 Å². The van der Waals surface area contributed by atoms with Crippen molar-refractivity contribution >= 4 is 5.78 Å². The molecule has 0 aliphatic carbocycles. The van der Waals surface area contributed by atoms with Crippen molar-refractivity contribution in [2.24, 2.45) is 5.92 Å². The number of rotatable bonds is 2. The van der Waals surface area contributed by atoms with E-state index in [9.17, 15) is 35.5 Å². The molecule has 0 atom stereocenters. The number of halogens is 7. The second kappa shape index (κ2) is 3.64. The van der Waals surface area contributed by atoms with Gasteiger partial charge in [0, 0.05) is 5.92 Å². The van der Waals surface area contributed by atoms with Gasteiger partial charge < -0.3 is 0 Å². The van der Waals surface area contributed by atoms with Gasteiger partial charge in [0.25, 0.3) is 0 Å². The van der Waals surface area contributed by atoms with Gasteiger partial charge in [0.15, 0.2) is 5.78 Å². The third kappa shape index (κ3) is 2.23. The van der Waals surface area contributed by atoms with E-state index in [1.807, 2.05) is 0 Å². The first-order chi connectivity index (χ1) is 6.35. The fourth-order valence-corrected chi connectivity index (χ4v) is 0.838. The third-order valence-corrected chi connectivity index (χ3v) is 1.65. The maximum absolute atomic E-state index is 12.9. The largest absolute Gasteiger partial charge is 0.439 e. The molecule has 0 aromatic carbocycles. The summed E-state index contributed by atoms with van der Waals surface area (Å²) >= 11 is 0. The molecule has 0 saturated heterocycles.